The molecule has 1 saturated heterocycles. The van der Waals surface area contributed by atoms with Gasteiger partial charge < -0.3 is 19.9 Å². The van der Waals surface area contributed by atoms with Crippen LogP contribution >= 0.6 is 12.2 Å². The molecule has 0 radical (unpaired) electrons. The van der Waals surface area contributed by atoms with Crippen LogP contribution in [0, 0.1) is 0 Å². The van der Waals surface area contributed by atoms with E-state index in [2.05, 4.69) is 5.32 Å². The quantitative estimate of drug-likeness (QED) is 0.815. The van der Waals surface area contributed by atoms with E-state index in [1.165, 1.54) is 7.11 Å². The summed E-state index contributed by atoms with van der Waals surface area (Å²) in [7, 11) is 1.52. The third-order valence-corrected chi connectivity index (χ3v) is 3.34. The fraction of sp³-hybridized carbons (Fsp3) is 0.462. The predicted octanol–water partition coefficient (Wildman–Crippen LogP) is 1.84. The number of nitrogens with one attached hydrogen (secondary N) is 1. The molecule has 1 aromatic carbocycles. The molecule has 1 heterocycles. The van der Waals surface area contributed by atoms with E-state index in [0.29, 0.717) is 10.7 Å². The SMILES string of the molecule is COc1cc(C(=S)NC[C@@H]2CCCO2)ccc1O. The molecule has 18 heavy (non-hydrogen) atoms. The van der Waals surface area contributed by atoms with Gasteiger partial charge in [0.1, 0.15) is 4.99 Å². The van der Waals surface area contributed by atoms with Crippen molar-refractivity contribution >= 4 is 17.2 Å². The van der Waals surface area contributed by atoms with E-state index in [9.17, 15) is 5.11 Å². The topological polar surface area (TPSA) is 50.7 Å². The van der Waals surface area contributed by atoms with Gasteiger partial charge in [0.15, 0.2) is 11.5 Å². The van der Waals surface area contributed by atoms with Gasteiger partial charge in [-0.1, -0.05) is 12.2 Å². The molecular weight excluding hydrogens is 250 g/mol. The summed E-state index contributed by atoms with van der Waals surface area (Å²) in [4.78, 5) is 0.642. The Bertz CT molecular complexity index is 430. The van der Waals surface area contributed by atoms with E-state index in [1.54, 1.807) is 18.2 Å². The highest BCUT2D eigenvalue weighted by Crippen LogP contribution is 2.26. The van der Waals surface area contributed by atoms with Crippen molar-refractivity contribution in [1.82, 2.24) is 5.32 Å². The summed E-state index contributed by atoms with van der Waals surface area (Å²) in [6.45, 7) is 1.56. The Balaban J connectivity index is 1.95. The fourth-order valence-corrected chi connectivity index (χ4v) is 2.14. The average molecular weight is 267 g/mol. The van der Waals surface area contributed by atoms with Gasteiger partial charge in [-0.05, 0) is 31.0 Å². The number of hydrogen-bond acceptors (Lipinski definition) is 4. The van der Waals surface area contributed by atoms with Crippen molar-refractivity contribution in [1.29, 1.82) is 0 Å². The van der Waals surface area contributed by atoms with Crippen molar-refractivity contribution in [2.45, 2.75) is 18.9 Å². The summed E-state index contributed by atoms with van der Waals surface area (Å²) in [5.41, 5.74) is 0.831. The van der Waals surface area contributed by atoms with Crippen LogP contribution in [0.2, 0.25) is 0 Å². The van der Waals surface area contributed by atoms with E-state index in [0.717, 1.165) is 31.6 Å². The molecule has 1 fully saturated rings. The third kappa shape index (κ3) is 3.11. The molecule has 2 rings (SSSR count). The van der Waals surface area contributed by atoms with Gasteiger partial charge in [-0.2, -0.15) is 0 Å². The Labute approximate surface area is 112 Å². The number of thiocarbonyl (C=S) groups is 1. The molecule has 0 aliphatic carbocycles. The van der Waals surface area contributed by atoms with Crippen LogP contribution in [0.3, 0.4) is 0 Å². The first-order valence-electron chi connectivity index (χ1n) is 5.97. The number of benzene rings is 1. The lowest BCUT2D eigenvalue weighted by Crippen LogP contribution is -2.31. The van der Waals surface area contributed by atoms with Crippen molar-refractivity contribution in [3.63, 3.8) is 0 Å². The lowest BCUT2D eigenvalue weighted by molar-refractivity contribution is 0.114. The molecule has 1 aliphatic rings. The van der Waals surface area contributed by atoms with Crippen molar-refractivity contribution < 1.29 is 14.6 Å². The minimum absolute atomic E-state index is 0.114. The lowest BCUT2D eigenvalue weighted by Gasteiger charge is -2.13. The maximum atomic E-state index is 9.51. The minimum Gasteiger partial charge on any atom is -0.504 e. The number of rotatable bonds is 4. The zero-order valence-electron chi connectivity index (χ0n) is 10.3. The van der Waals surface area contributed by atoms with Crippen LogP contribution in [0.1, 0.15) is 18.4 Å². The van der Waals surface area contributed by atoms with Crippen LogP contribution in [-0.4, -0.2) is 36.5 Å². The van der Waals surface area contributed by atoms with Gasteiger partial charge >= 0.3 is 0 Å². The number of hydrogen-bond donors (Lipinski definition) is 2. The Morgan fingerprint density at radius 3 is 3.11 bits per heavy atom. The van der Waals surface area contributed by atoms with Gasteiger partial charge in [-0.25, -0.2) is 0 Å². The van der Waals surface area contributed by atoms with Crippen LogP contribution in [-0.2, 0) is 4.74 Å². The molecule has 0 spiro atoms. The highest BCUT2D eigenvalue weighted by atomic mass is 32.1. The van der Waals surface area contributed by atoms with Gasteiger partial charge in [-0.15, -0.1) is 0 Å². The van der Waals surface area contributed by atoms with Crippen molar-refractivity contribution in [3.8, 4) is 11.5 Å². The Kier molecular flexibility index (Phi) is 4.38. The van der Waals surface area contributed by atoms with Gasteiger partial charge in [0.2, 0.25) is 0 Å². The Hall–Kier alpha value is -1.33. The van der Waals surface area contributed by atoms with Crippen LogP contribution in [0.25, 0.3) is 0 Å². The van der Waals surface area contributed by atoms with Gasteiger partial charge in [0.25, 0.3) is 0 Å². The molecule has 98 valence electrons. The maximum absolute atomic E-state index is 9.51. The van der Waals surface area contributed by atoms with E-state index in [-0.39, 0.29) is 11.9 Å². The molecule has 2 N–H and O–H groups in total. The summed E-state index contributed by atoms with van der Waals surface area (Å²) < 4.78 is 10.6. The van der Waals surface area contributed by atoms with Gasteiger partial charge in [-0.3, -0.25) is 0 Å². The van der Waals surface area contributed by atoms with Crippen molar-refractivity contribution in [3.05, 3.63) is 23.8 Å². The maximum Gasteiger partial charge on any atom is 0.161 e. The molecular formula is C13H17NO3S. The molecule has 0 unspecified atom stereocenters. The standard InChI is InChI=1S/C13H17NO3S/c1-16-12-7-9(4-5-11(12)15)13(18)14-8-10-3-2-6-17-10/h4-5,7,10,15H,2-3,6,8H2,1H3,(H,14,18)/t10-/m0/s1. The molecule has 1 aromatic rings. The van der Waals surface area contributed by atoms with E-state index in [4.69, 9.17) is 21.7 Å². The zero-order chi connectivity index (χ0) is 13.0. The van der Waals surface area contributed by atoms with E-state index < -0.39 is 0 Å². The largest absolute Gasteiger partial charge is 0.504 e. The summed E-state index contributed by atoms with van der Waals surface area (Å²) in [5.74, 6) is 0.539. The average Bonchev–Trinajstić information content (AvgIpc) is 2.89. The number of aromatic hydroxyl groups is 1. The van der Waals surface area contributed by atoms with Gasteiger partial charge in [0.05, 0.1) is 13.2 Å². The minimum atomic E-state index is 0.114. The molecule has 1 atom stereocenters. The number of phenolic OH excluding ortho intramolecular Hbond substituents is 1. The molecule has 5 heteroatoms. The van der Waals surface area contributed by atoms with E-state index in [1.807, 2.05) is 0 Å². The Morgan fingerprint density at radius 2 is 2.44 bits per heavy atom. The second kappa shape index (κ2) is 6.02. The summed E-state index contributed by atoms with van der Waals surface area (Å²) >= 11 is 5.30. The predicted molar refractivity (Wildman–Crippen MR) is 73.3 cm³/mol. The van der Waals surface area contributed by atoms with Crippen LogP contribution in [0.15, 0.2) is 18.2 Å². The highest BCUT2D eigenvalue weighted by Gasteiger charge is 2.16. The Morgan fingerprint density at radius 1 is 1.61 bits per heavy atom. The molecule has 0 amide bonds. The third-order valence-electron chi connectivity index (χ3n) is 2.96. The van der Waals surface area contributed by atoms with E-state index >= 15 is 0 Å². The molecule has 4 nitrogen and oxygen atoms in total. The second-order valence-corrected chi connectivity index (χ2v) is 4.64. The molecule has 1 aliphatic heterocycles. The first kappa shape index (κ1) is 13.1. The zero-order valence-corrected chi connectivity index (χ0v) is 11.1. The summed E-state index contributed by atoms with van der Waals surface area (Å²) in [6, 6.07) is 5.07. The monoisotopic (exact) mass is 267 g/mol. The fourth-order valence-electron chi connectivity index (χ4n) is 1.93. The van der Waals surface area contributed by atoms with Gasteiger partial charge in [0, 0.05) is 18.7 Å². The first-order valence-corrected chi connectivity index (χ1v) is 6.38. The number of ether oxygens (including phenoxy) is 2. The number of phenols is 1. The van der Waals surface area contributed by atoms with Crippen LogP contribution < -0.4 is 10.1 Å². The highest BCUT2D eigenvalue weighted by molar-refractivity contribution is 7.80. The molecule has 0 bridgehead atoms. The molecule has 0 saturated carbocycles. The number of methoxy groups -OCH3 is 1. The first-order chi connectivity index (χ1) is 8.70. The molecule has 0 aromatic heterocycles. The van der Waals surface area contributed by atoms with Crippen molar-refractivity contribution in [2.75, 3.05) is 20.3 Å². The second-order valence-electron chi connectivity index (χ2n) is 4.23. The summed E-state index contributed by atoms with van der Waals surface area (Å²) in [5, 5.41) is 12.7. The van der Waals surface area contributed by atoms with Crippen LogP contribution in [0.5, 0.6) is 11.5 Å². The summed E-state index contributed by atoms with van der Waals surface area (Å²) in [6.07, 6.45) is 2.45. The normalized spacial score (nSPS) is 18.6. The van der Waals surface area contributed by atoms with Crippen molar-refractivity contribution in [2.24, 2.45) is 0 Å². The smallest absolute Gasteiger partial charge is 0.161 e. The lowest BCUT2D eigenvalue weighted by atomic mass is 10.2. The van der Waals surface area contributed by atoms with Crippen LogP contribution in [0.4, 0.5) is 0 Å².